The first-order valence-electron chi connectivity index (χ1n) is 32.1. The number of aromatic carboxylic acids is 1. The average Bonchev–Trinajstić information content (AvgIpc) is 1.58. The Morgan fingerprint density at radius 1 is 0.476 bits per heavy atom. The number of rotatable bonds is 11. The van der Waals surface area contributed by atoms with E-state index in [0.29, 0.717) is 99.5 Å². The summed E-state index contributed by atoms with van der Waals surface area (Å²) in [5, 5.41) is 25.8. The maximum absolute atomic E-state index is 10.8. The van der Waals surface area contributed by atoms with Crippen LogP contribution in [0.25, 0.3) is 112 Å². The molecule has 0 bridgehead atoms. The van der Waals surface area contributed by atoms with E-state index in [1.807, 2.05) is 24.5 Å². The fourth-order valence-electron chi connectivity index (χ4n) is 13.7. The van der Waals surface area contributed by atoms with E-state index in [4.69, 9.17) is 63.6 Å². The number of hydrogen-bond acceptors (Lipinski definition) is 22. The van der Waals surface area contributed by atoms with Crippen LogP contribution in [-0.4, -0.2) is 95.5 Å². The number of carbonyl (C=O) groups excluding carboxylic acids is 1. The third-order valence-electron chi connectivity index (χ3n) is 18.2. The molecule has 12 aromatic rings. The molecule has 6 aliphatic rings. The van der Waals surface area contributed by atoms with Gasteiger partial charge in [0.15, 0.2) is 46.0 Å². The van der Waals surface area contributed by atoms with E-state index in [2.05, 4.69) is 164 Å². The number of nitriles is 1. The van der Waals surface area contributed by atoms with E-state index < -0.39 is 5.97 Å². The van der Waals surface area contributed by atoms with E-state index in [9.17, 15) is 9.59 Å². The van der Waals surface area contributed by atoms with Gasteiger partial charge in [-0.15, -0.1) is 45.3 Å². The normalized spacial score (nSPS) is 14.2. The summed E-state index contributed by atoms with van der Waals surface area (Å²) < 4.78 is 56.7. The molecule has 2 aliphatic carbocycles. The zero-order valence-electron chi connectivity index (χ0n) is 55.2. The van der Waals surface area contributed by atoms with Crippen molar-refractivity contribution in [3.63, 3.8) is 0 Å². The third kappa shape index (κ3) is 12.8. The van der Waals surface area contributed by atoms with Gasteiger partial charge in [-0.05, 0) is 121 Å². The summed E-state index contributed by atoms with van der Waals surface area (Å²) in [4.78, 5) is 46.7. The van der Waals surface area contributed by atoms with Crippen LogP contribution < -0.4 is 42.6 Å². The average molecular weight is 1560 g/mol. The molecule has 0 saturated carbocycles. The molecule has 0 fully saturated rings. The number of hydrogen-bond donors (Lipinski definition) is 1. The second kappa shape index (κ2) is 29.2. The molecule has 0 amide bonds. The largest absolute Gasteiger partial charge is 2.00 e. The SMILES string of the molecule is CC1(C)c2ccccc2-c2ccc(-c3sc(-c4sc(-c5ccnc(-c6cc(-c7sc(-c8sc(-c9ccc%10c(c9)C(C)(C)c9ccccc9-%10)c9c8OCCO9)c8c7OCCO8)ccn6)c5)c5c4OCCO5)c4c3OCCO4)cc21.N#C[S-].O=COc1ccnc(-c2cc(C(=O)O)ccn2)c1.[N-]=C=S.[Ru+2]. The second-order valence-corrected chi connectivity index (χ2v) is 29.1. The number of fused-ring (bicyclic) bond motifs is 10. The van der Waals surface area contributed by atoms with Crippen molar-refractivity contribution < 1.29 is 76.8 Å². The van der Waals surface area contributed by atoms with Crippen molar-refractivity contribution >= 4 is 87.8 Å². The number of thiophene rings is 4. The first-order valence-corrected chi connectivity index (χ1v) is 36.2. The minimum Gasteiger partial charge on any atom is -0.753 e. The monoisotopic (exact) mass is 1560 g/mol. The van der Waals surface area contributed by atoms with Crippen molar-refractivity contribution in [2.45, 2.75) is 38.5 Å². The molecular weight excluding hydrogens is 1510 g/mol. The van der Waals surface area contributed by atoms with Gasteiger partial charge in [-0.1, -0.05) is 118 Å². The molecule has 0 unspecified atom stereocenters. The molecule has 1 N–H and O–H groups in total. The van der Waals surface area contributed by atoms with Gasteiger partial charge in [0.2, 0.25) is 0 Å². The van der Waals surface area contributed by atoms with Crippen LogP contribution in [0.1, 0.15) is 60.3 Å². The summed E-state index contributed by atoms with van der Waals surface area (Å²) in [6.07, 6.45) is 6.51. The number of benzene rings is 4. The molecular formula is C78H56N6O12RuS6. The molecule has 0 atom stereocenters. The Labute approximate surface area is 631 Å². The molecule has 18 rings (SSSR count). The maximum atomic E-state index is 10.8. The first-order chi connectivity index (χ1) is 49.7. The summed E-state index contributed by atoms with van der Waals surface area (Å²) in [7, 11) is 0. The van der Waals surface area contributed by atoms with Crippen LogP contribution in [-0.2, 0) is 47.7 Å². The maximum Gasteiger partial charge on any atom is 2.00 e. The number of aromatic nitrogens is 4. The number of ether oxygens (including phenoxy) is 9. The molecule has 12 heterocycles. The van der Waals surface area contributed by atoms with Gasteiger partial charge in [-0.2, -0.15) is 5.16 Å². The Morgan fingerprint density at radius 3 is 1.14 bits per heavy atom. The molecule has 0 spiro atoms. The van der Waals surface area contributed by atoms with Gasteiger partial charge in [0.25, 0.3) is 6.47 Å². The molecule has 4 aliphatic heterocycles. The van der Waals surface area contributed by atoms with E-state index in [1.165, 1.54) is 91.7 Å². The number of isothiocyanates is 1. The Hall–Kier alpha value is -10.2. The fraction of sp³-hybridized carbons (Fsp3) is 0.179. The minimum atomic E-state index is -1.04. The number of pyridine rings is 4. The number of thiocyanates is 1. The van der Waals surface area contributed by atoms with Gasteiger partial charge < -0.3 is 65.8 Å². The van der Waals surface area contributed by atoms with Crippen LogP contribution in [0.4, 0.5) is 0 Å². The van der Waals surface area contributed by atoms with Gasteiger partial charge >= 0.3 is 25.4 Å². The fourth-order valence-corrected chi connectivity index (χ4v) is 18.7. The molecule has 103 heavy (non-hydrogen) atoms. The second-order valence-electron chi connectivity index (χ2n) is 24.7. The number of carboxylic acids is 1. The minimum absolute atomic E-state index is 0. The predicted molar refractivity (Wildman–Crippen MR) is 401 cm³/mol. The zero-order valence-corrected chi connectivity index (χ0v) is 61.8. The first kappa shape index (κ1) is 69.8. The van der Waals surface area contributed by atoms with E-state index in [-0.39, 0.29) is 35.9 Å². The van der Waals surface area contributed by atoms with Crippen molar-refractivity contribution in [3.05, 3.63) is 191 Å². The molecule has 4 aromatic carbocycles. The van der Waals surface area contributed by atoms with E-state index in [0.717, 1.165) is 95.7 Å². The third-order valence-corrected chi connectivity index (χ3v) is 23.3. The van der Waals surface area contributed by atoms with Crippen LogP contribution in [0.2, 0.25) is 0 Å². The predicted octanol–water partition coefficient (Wildman–Crippen LogP) is 18.1. The van der Waals surface area contributed by atoms with Crippen LogP contribution in [0, 0.1) is 10.7 Å². The summed E-state index contributed by atoms with van der Waals surface area (Å²) >= 11 is 14.0. The van der Waals surface area contributed by atoms with Crippen LogP contribution in [0.15, 0.2) is 158 Å². The topological polar surface area (TPSA) is 235 Å². The molecule has 25 heteroatoms. The number of thiocarbonyl (C=S) groups is 1. The molecule has 514 valence electrons. The van der Waals surface area contributed by atoms with Gasteiger partial charge in [0.1, 0.15) is 58.6 Å². The van der Waals surface area contributed by atoms with Crippen molar-refractivity contribution in [1.29, 1.82) is 5.26 Å². The van der Waals surface area contributed by atoms with Gasteiger partial charge in [-0.25, -0.2) is 10.1 Å². The summed E-state index contributed by atoms with van der Waals surface area (Å²) in [6, 6.07) is 45.2. The zero-order chi connectivity index (χ0) is 70.4. The van der Waals surface area contributed by atoms with Crippen LogP contribution >= 0.6 is 57.6 Å². The standard InChI is InChI=1S/C64H48N2O8S4.C12H8N2O4.CHNS.CNS.Ru/c1-63(2)41-11-7-5-9-37(41)39-15-13-33(29-43(39)63)55-47-51(71-25-21-67-47)59(75-55)61-53-49(69-23-27-73-53)57(77-61)35-17-19-65-45(31-35)46-32-36(18-20-66-46)58-50-54(74-28-24-70-50)62(78-58)60-52-48(68-22-26-72-52)56(76-60)34-14-16-40-38-10-6-8-12-42(38)64(3,4)44(40)30-34;15-7-18-9-2-4-14-11(6-9)10-5-8(12(16)17)1-3-13-10;2*2-1-3;/h5-20,29-32H,21-28H2,1-4H3;1-7H,(H,16,17);3H;;/q;;;-1;+2/p-1. The Balaban J connectivity index is 0.000000308. The molecule has 8 aromatic heterocycles. The van der Waals surface area contributed by atoms with Crippen molar-refractivity contribution in [1.82, 2.24) is 19.9 Å². The van der Waals surface area contributed by atoms with E-state index in [1.54, 1.807) is 45.3 Å². The van der Waals surface area contributed by atoms with E-state index >= 15 is 0 Å². The molecule has 0 radical (unpaired) electrons. The van der Waals surface area contributed by atoms with Crippen LogP contribution in [0.5, 0.6) is 51.7 Å². The Kier molecular flexibility index (Phi) is 19.8. The smallest absolute Gasteiger partial charge is 0.753 e. The van der Waals surface area contributed by atoms with Crippen molar-refractivity contribution in [2.75, 3.05) is 52.9 Å². The molecule has 18 nitrogen and oxygen atoms in total. The van der Waals surface area contributed by atoms with Gasteiger partial charge in [0, 0.05) is 41.7 Å². The van der Waals surface area contributed by atoms with Crippen LogP contribution in [0.3, 0.4) is 0 Å². The number of nitrogens with zero attached hydrogens (tertiary/aromatic N) is 6. The number of carbonyl (C=O) groups is 2. The Morgan fingerprint density at radius 2 is 0.777 bits per heavy atom. The number of carboxylic acid groups (broad SMARTS) is 1. The quantitative estimate of drug-likeness (QED) is 0.0316. The summed E-state index contributed by atoms with van der Waals surface area (Å²) in [5.74, 6) is 5.17. The van der Waals surface area contributed by atoms with Crippen molar-refractivity contribution in [3.8, 4) is 163 Å². The van der Waals surface area contributed by atoms with Crippen molar-refractivity contribution in [2.24, 2.45) is 0 Å². The van der Waals surface area contributed by atoms with Gasteiger partial charge in [0.05, 0.1) is 67.4 Å². The summed E-state index contributed by atoms with van der Waals surface area (Å²) in [6.45, 7) is 13.2. The Bertz CT molecular complexity index is 5150. The summed E-state index contributed by atoms with van der Waals surface area (Å²) in [5.41, 5.74) is 16.7. The molecule has 0 saturated heterocycles. The van der Waals surface area contributed by atoms with Gasteiger partial charge in [-0.3, -0.25) is 24.7 Å².